The summed E-state index contributed by atoms with van der Waals surface area (Å²) < 4.78 is 0. The van der Waals surface area contributed by atoms with Crippen molar-refractivity contribution in [3.05, 3.63) is 35.4 Å². The molecule has 1 aromatic carbocycles. The number of hydrogen-bond donors (Lipinski definition) is 1. The number of benzene rings is 1. The van der Waals surface area contributed by atoms with Crippen molar-refractivity contribution in [1.82, 2.24) is 15.1 Å². The van der Waals surface area contributed by atoms with Gasteiger partial charge < -0.3 is 15.1 Å². The predicted octanol–water partition coefficient (Wildman–Crippen LogP) is 2.96. The monoisotopic (exact) mass is 388 g/mol. The molecule has 2 saturated heterocycles. The van der Waals surface area contributed by atoms with Crippen LogP contribution in [0.4, 0.5) is 0 Å². The second kappa shape index (κ2) is 9.49. The highest BCUT2D eigenvalue weighted by atomic mass is 32.2. The number of nitrogens with one attached hydrogen (secondary N) is 1. The first-order chi connectivity index (χ1) is 13.1. The van der Waals surface area contributed by atoms with Crippen LogP contribution in [0.15, 0.2) is 29.3 Å². The van der Waals surface area contributed by atoms with Crippen molar-refractivity contribution in [2.75, 3.05) is 32.4 Å². The second-order valence-electron chi connectivity index (χ2n) is 7.74. The summed E-state index contributed by atoms with van der Waals surface area (Å²) in [6, 6.07) is 8.54. The first kappa shape index (κ1) is 20.1. The van der Waals surface area contributed by atoms with Gasteiger partial charge in [0.2, 0.25) is 5.91 Å². The molecule has 0 radical (unpaired) electrons. The molecule has 1 amide bonds. The van der Waals surface area contributed by atoms with Crippen LogP contribution in [0.2, 0.25) is 0 Å². The SMILES string of the molecule is CN=C(NCc1cccc(CN2CCCC2=O)c1)N1CCSC(C(C)C)C1. The molecular formula is C21H32N4OS. The van der Waals surface area contributed by atoms with E-state index in [4.69, 9.17) is 0 Å². The molecule has 1 atom stereocenters. The molecule has 1 N–H and O–H groups in total. The Morgan fingerprint density at radius 2 is 2.15 bits per heavy atom. The molecule has 2 aliphatic rings. The third kappa shape index (κ3) is 5.41. The molecule has 2 fully saturated rings. The summed E-state index contributed by atoms with van der Waals surface area (Å²) in [5.74, 6) is 3.10. The fourth-order valence-electron chi connectivity index (χ4n) is 3.71. The summed E-state index contributed by atoms with van der Waals surface area (Å²) in [6.07, 6.45) is 1.69. The number of carbonyl (C=O) groups is 1. The van der Waals surface area contributed by atoms with E-state index in [0.717, 1.165) is 50.9 Å². The summed E-state index contributed by atoms with van der Waals surface area (Å²) in [7, 11) is 1.86. The molecule has 3 rings (SSSR count). The van der Waals surface area contributed by atoms with Crippen molar-refractivity contribution < 1.29 is 4.79 Å². The molecule has 6 heteroatoms. The number of likely N-dealkylation sites (tertiary alicyclic amines) is 1. The third-order valence-corrected chi connectivity index (χ3v) is 6.88. The van der Waals surface area contributed by atoms with E-state index in [2.05, 4.69) is 65.1 Å². The zero-order valence-corrected chi connectivity index (χ0v) is 17.6. The Morgan fingerprint density at radius 1 is 1.33 bits per heavy atom. The molecule has 2 heterocycles. The Labute approximate surface area is 167 Å². The van der Waals surface area contributed by atoms with E-state index in [1.807, 2.05) is 11.9 Å². The number of guanidine groups is 1. The third-order valence-electron chi connectivity index (χ3n) is 5.34. The van der Waals surface area contributed by atoms with Gasteiger partial charge in [0, 0.05) is 57.2 Å². The van der Waals surface area contributed by atoms with E-state index < -0.39 is 0 Å². The fourth-order valence-corrected chi connectivity index (χ4v) is 5.01. The largest absolute Gasteiger partial charge is 0.352 e. The van der Waals surface area contributed by atoms with E-state index in [0.29, 0.717) is 17.6 Å². The van der Waals surface area contributed by atoms with Gasteiger partial charge in [-0.1, -0.05) is 38.1 Å². The van der Waals surface area contributed by atoms with Gasteiger partial charge in [-0.2, -0.15) is 11.8 Å². The zero-order chi connectivity index (χ0) is 19.2. The summed E-state index contributed by atoms with van der Waals surface area (Å²) in [5.41, 5.74) is 2.43. The highest BCUT2D eigenvalue weighted by molar-refractivity contribution is 8.00. The van der Waals surface area contributed by atoms with Gasteiger partial charge in [0.15, 0.2) is 5.96 Å². The zero-order valence-electron chi connectivity index (χ0n) is 16.8. The number of rotatable bonds is 5. The topological polar surface area (TPSA) is 47.9 Å². The van der Waals surface area contributed by atoms with Gasteiger partial charge in [-0.3, -0.25) is 9.79 Å². The van der Waals surface area contributed by atoms with Crippen molar-refractivity contribution in [2.45, 2.75) is 45.0 Å². The summed E-state index contributed by atoms with van der Waals surface area (Å²) in [6.45, 7) is 9.06. The lowest BCUT2D eigenvalue weighted by atomic mass is 10.1. The van der Waals surface area contributed by atoms with E-state index in [1.165, 1.54) is 11.1 Å². The highest BCUT2D eigenvalue weighted by Gasteiger charge is 2.25. The Bertz CT molecular complexity index is 676. The van der Waals surface area contributed by atoms with Crippen molar-refractivity contribution in [1.29, 1.82) is 0 Å². The maximum atomic E-state index is 11.9. The van der Waals surface area contributed by atoms with Gasteiger partial charge >= 0.3 is 0 Å². The van der Waals surface area contributed by atoms with E-state index in [-0.39, 0.29) is 5.91 Å². The fraction of sp³-hybridized carbons (Fsp3) is 0.619. The molecule has 0 bridgehead atoms. The van der Waals surface area contributed by atoms with Crippen LogP contribution in [0.1, 0.15) is 37.8 Å². The number of hydrogen-bond acceptors (Lipinski definition) is 3. The normalized spacial score (nSPS) is 21.3. The Hall–Kier alpha value is -1.69. The van der Waals surface area contributed by atoms with Crippen molar-refractivity contribution in [2.24, 2.45) is 10.9 Å². The molecule has 5 nitrogen and oxygen atoms in total. The molecule has 1 unspecified atom stereocenters. The molecule has 0 aromatic heterocycles. The minimum atomic E-state index is 0.279. The maximum absolute atomic E-state index is 11.9. The number of carbonyl (C=O) groups excluding carboxylic acids is 1. The molecule has 0 spiro atoms. The second-order valence-corrected chi connectivity index (χ2v) is 9.09. The lowest BCUT2D eigenvalue weighted by molar-refractivity contribution is -0.128. The number of aliphatic imine (C=N–C) groups is 1. The quantitative estimate of drug-likeness (QED) is 0.622. The highest BCUT2D eigenvalue weighted by Crippen LogP contribution is 2.25. The molecular weight excluding hydrogens is 356 g/mol. The molecule has 0 saturated carbocycles. The molecule has 148 valence electrons. The van der Waals surface area contributed by atoms with Gasteiger partial charge in [-0.05, 0) is 23.5 Å². The minimum Gasteiger partial charge on any atom is -0.352 e. The Kier molecular flexibility index (Phi) is 7.05. The lowest BCUT2D eigenvalue weighted by Gasteiger charge is -2.36. The lowest BCUT2D eigenvalue weighted by Crippen LogP contribution is -2.48. The van der Waals surface area contributed by atoms with Crippen LogP contribution in [0.25, 0.3) is 0 Å². The first-order valence-electron chi connectivity index (χ1n) is 9.99. The van der Waals surface area contributed by atoms with Crippen LogP contribution >= 0.6 is 11.8 Å². The molecule has 1 aromatic rings. The number of nitrogens with zero attached hydrogens (tertiary/aromatic N) is 3. The smallest absolute Gasteiger partial charge is 0.222 e. The summed E-state index contributed by atoms with van der Waals surface area (Å²) in [4.78, 5) is 20.7. The average Bonchev–Trinajstić information content (AvgIpc) is 3.07. The van der Waals surface area contributed by atoms with Crippen LogP contribution in [0.3, 0.4) is 0 Å². The van der Waals surface area contributed by atoms with Crippen LogP contribution in [0, 0.1) is 5.92 Å². The summed E-state index contributed by atoms with van der Waals surface area (Å²) >= 11 is 2.08. The maximum Gasteiger partial charge on any atom is 0.222 e. The number of thioether (sulfide) groups is 1. The Morgan fingerprint density at radius 3 is 2.85 bits per heavy atom. The van der Waals surface area contributed by atoms with Gasteiger partial charge in [0.1, 0.15) is 0 Å². The van der Waals surface area contributed by atoms with Gasteiger partial charge in [-0.25, -0.2) is 0 Å². The molecule has 27 heavy (non-hydrogen) atoms. The first-order valence-corrected chi connectivity index (χ1v) is 11.0. The standard InChI is InChI=1S/C21H32N4OS/c1-16(2)19-15-25(10-11-27-19)21(22-3)23-13-17-6-4-7-18(12-17)14-24-9-5-8-20(24)26/h4,6-7,12,16,19H,5,8-11,13-15H2,1-3H3,(H,22,23). The predicted molar refractivity (Wildman–Crippen MR) is 114 cm³/mol. The van der Waals surface area contributed by atoms with E-state index >= 15 is 0 Å². The van der Waals surface area contributed by atoms with Gasteiger partial charge in [0.05, 0.1) is 0 Å². The summed E-state index contributed by atoms with van der Waals surface area (Å²) in [5, 5.41) is 4.20. The van der Waals surface area contributed by atoms with Crippen LogP contribution in [0.5, 0.6) is 0 Å². The average molecular weight is 389 g/mol. The van der Waals surface area contributed by atoms with Crippen molar-refractivity contribution in [3.63, 3.8) is 0 Å². The van der Waals surface area contributed by atoms with Gasteiger partial charge in [0.25, 0.3) is 0 Å². The van der Waals surface area contributed by atoms with Gasteiger partial charge in [-0.15, -0.1) is 0 Å². The van der Waals surface area contributed by atoms with Crippen LogP contribution < -0.4 is 5.32 Å². The van der Waals surface area contributed by atoms with E-state index in [9.17, 15) is 4.79 Å². The molecule has 0 aliphatic carbocycles. The van der Waals surface area contributed by atoms with Crippen LogP contribution in [-0.2, 0) is 17.9 Å². The minimum absolute atomic E-state index is 0.279. The van der Waals surface area contributed by atoms with E-state index in [1.54, 1.807) is 0 Å². The van der Waals surface area contributed by atoms with Crippen molar-refractivity contribution >= 4 is 23.6 Å². The number of amides is 1. The molecule has 2 aliphatic heterocycles. The van der Waals surface area contributed by atoms with Crippen molar-refractivity contribution in [3.8, 4) is 0 Å². The Balaban J connectivity index is 1.56. The van der Waals surface area contributed by atoms with Crippen LogP contribution in [-0.4, -0.2) is 59.4 Å².